The van der Waals surface area contributed by atoms with Gasteiger partial charge >= 0.3 is 0 Å². The predicted octanol–water partition coefficient (Wildman–Crippen LogP) is 4.86. The summed E-state index contributed by atoms with van der Waals surface area (Å²) in [6.07, 6.45) is 9.21. The van der Waals surface area contributed by atoms with Gasteiger partial charge in [0.25, 0.3) is 5.91 Å². The fourth-order valence-electron chi connectivity index (χ4n) is 2.54. The predicted molar refractivity (Wildman–Crippen MR) is 93.4 cm³/mol. The maximum Gasteiger partial charge on any atom is 0.251 e. The van der Waals surface area contributed by atoms with E-state index in [1.807, 2.05) is 18.2 Å². The lowest BCUT2D eigenvalue weighted by Gasteiger charge is -2.13. The number of allylic oxidation sites excluding steroid dienone is 1. The minimum absolute atomic E-state index is 0.0286. The third-order valence-corrected chi connectivity index (χ3v) is 4.39. The summed E-state index contributed by atoms with van der Waals surface area (Å²) in [7, 11) is 0. The molecule has 3 nitrogen and oxygen atoms in total. The van der Waals surface area contributed by atoms with Crippen LogP contribution in [0.25, 0.3) is 0 Å². The van der Waals surface area contributed by atoms with Crippen molar-refractivity contribution in [3.05, 3.63) is 39.9 Å². The van der Waals surface area contributed by atoms with Crippen LogP contribution in [0.3, 0.4) is 0 Å². The van der Waals surface area contributed by atoms with Crippen molar-refractivity contribution in [1.82, 2.24) is 5.32 Å². The van der Waals surface area contributed by atoms with E-state index in [0.717, 1.165) is 23.1 Å². The lowest BCUT2D eigenvalue weighted by Crippen LogP contribution is -2.24. The van der Waals surface area contributed by atoms with Gasteiger partial charge in [0.15, 0.2) is 0 Å². The summed E-state index contributed by atoms with van der Waals surface area (Å²) in [5.74, 6) is 0.755. The number of nitrogens with one attached hydrogen (secondary N) is 1. The molecule has 1 N–H and O–H groups in total. The highest BCUT2D eigenvalue weighted by atomic mass is 79.9. The Bertz CT molecular complexity index is 540. The van der Waals surface area contributed by atoms with Gasteiger partial charge in [0.1, 0.15) is 5.75 Å². The molecule has 120 valence electrons. The second-order valence-corrected chi connectivity index (χ2v) is 6.46. The maximum atomic E-state index is 12.2. The zero-order chi connectivity index (χ0) is 15.8. The first-order valence-electron chi connectivity index (χ1n) is 8.09. The Morgan fingerprint density at radius 2 is 2.23 bits per heavy atom. The molecule has 0 aliphatic heterocycles. The molecule has 0 fully saturated rings. The highest BCUT2D eigenvalue weighted by Crippen LogP contribution is 2.26. The van der Waals surface area contributed by atoms with E-state index in [-0.39, 0.29) is 5.91 Å². The quantitative estimate of drug-likeness (QED) is 0.700. The van der Waals surface area contributed by atoms with Crippen LogP contribution in [0.4, 0.5) is 0 Å². The van der Waals surface area contributed by atoms with Crippen molar-refractivity contribution in [3.8, 4) is 5.75 Å². The molecule has 0 atom stereocenters. The van der Waals surface area contributed by atoms with Gasteiger partial charge in [0.05, 0.1) is 11.1 Å². The molecule has 22 heavy (non-hydrogen) atoms. The van der Waals surface area contributed by atoms with E-state index in [0.29, 0.717) is 18.7 Å². The molecule has 0 aromatic heterocycles. The Morgan fingerprint density at radius 1 is 1.36 bits per heavy atom. The van der Waals surface area contributed by atoms with E-state index in [1.165, 1.54) is 31.3 Å². The molecular weight excluding hydrogens is 342 g/mol. The fraction of sp³-hybridized carbons (Fsp3) is 0.500. The van der Waals surface area contributed by atoms with E-state index in [2.05, 4.69) is 34.2 Å². The van der Waals surface area contributed by atoms with Crippen LogP contribution < -0.4 is 10.1 Å². The van der Waals surface area contributed by atoms with Crippen molar-refractivity contribution >= 4 is 21.8 Å². The number of hydrogen-bond acceptors (Lipinski definition) is 2. The Balaban J connectivity index is 1.84. The number of rotatable bonds is 7. The summed E-state index contributed by atoms with van der Waals surface area (Å²) in [5, 5.41) is 2.99. The molecule has 0 bridgehead atoms. The lowest BCUT2D eigenvalue weighted by atomic mass is 9.97. The van der Waals surface area contributed by atoms with Crippen LogP contribution in [-0.2, 0) is 0 Å². The standard InChI is InChI=1S/C18H24BrNO2/c1-2-12-22-17-9-8-15(13-16(17)19)18(21)20-11-10-14-6-4-3-5-7-14/h6,8-9,13H,2-5,7,10-12H2,1H3,(H,20,21). The lowest BCUT2D eigenvalue weighted by molar-refractivity contribution is 0.0954. The summed E-state index contributed by atoms with van der Waals surface area (Å²) in [5.41, 5.74) is 2.14. The second-order valence-electron chi connectivity index (χ2n) is 5.61. The van der Waals surface area contributed by atoms with Crippen molar-refractivity contribution in [2.75, 3.05) is 13.2 Å². The number of ether oxygens (including phenoxy) is 1. The van der Waals surface area contributed by atoms with Gasteiger partial charge in [0, 0.05) is 12.1 Å². The smallest absolute Gasteiger partial charge is 0.251 e. The molecule has 1 aliphatic carbocycles. The fourth-order valence-corrected chi connectivity index (χ4v) is 3.03. The molecule has 0 unspecified atom stereocenters. The van der Waals surface area contributed by atoms with Gasteiger partial charge in [-0.3, -0.25) is 4.79 Å². The van der Waals surface area contributed by atoms with Crippen LogP contribution in [0, 0.1) is 0 Å². The van der Waals surface area contributed by atoms with Gasteiger partial charge in [-0.1, -0.05) is 18.6 Å². The van der Waals surface area contributed by atoms with Gasteiger partial charge in [-0.05, 0) is 72.7 Å². The molecule has 1 amide bonds. The van der Waals surface area contributed by atoms with E-state index < -0.39 is 0 Å². The van der Waals surface area contributed by atoms with Gasteiger partial charge < -0.3 is 10.1 Å². The van der Waals surface area contributed by atoms with E-state index in [9.17, 15) is 4.79 Å². The monoisotopic (exact) mass is 365 g/mol. The zero-order valence-corrected chi connectivity index (χ0v) is 14.7. The van der Waals surface area contributed by atoms with E-state index in [1.54, 1.807) is 0 Å². The molecular formula is C18H24BrNO2. The van der Waals surface area contributed by atoms with Crippen LogP contribution in [0.1, 0.15) is 55.8 Å². The zero-order valence-electron chi connectivity index (χ0n) is 13.2. The van der Waals surface area contributed by atoms with Crippen molar-refractivity contribution in [2.24, 2.45) is 0 Å². The first kappa shape index (κ1) is 17.1. The minimum atomic E-state index is -0.0286. The Kier molecular flexibility index (Phi) is 6.97. The minimum Gasteiger partial charge on any atom is -0.492 e. The molecule has 2 rings (SSSR count). The molecule has 0 heterocycles. The normalized spacial score (nSPS) is 14.4. The molecule has 0 saturated carbocycles. The molecule has 4 heteroatoms. The van der Waals surface area contributed by atoms with Crippen molar-refractivity contribution < 1.29 is 9.53 Å². The van der Waals surface area contributed by atoms with Gasteiger partial charge in [-0.25, -0.2) is 0 Å². The van der Waals surface area contributed by atoms with Gasteiger partial charge in [-0.2, -0.15) is 0 Å². The summed E-state index contributed by atoms with van der Waals surface area (Å²) in [4.78, 5) is 12.2. The number of benzene rings is 1. The average Bonchev–Trinajstić information content (AvgIpc) is 2.54. The van der Waals surface area contributed by atoms with Gasteiger partial charge in [-0.15, -0.1) is 0 Å². The first-order chi connectivity index (χ1) is 10.7. The van der Waals surface area contributed by atoms with Crippen molar-refractivity contribution in [2.45, 2.75) is 45.4 Å². The Hall–Kier alpha value is -1.29. The Labute approximate surface area is 141 Å². The van der Waals surface area contributed by atoms with Crippen LogP contribution in [-0.4, -0.2) is 19.1 Å². The number of hydrogen-bond donors (Lipinski definition) is 1. The van der Waals surface area contributed by atoms with Crippen LogP contribution in [0.2, 0.25) is 0 Å². The number of halogens is 1. The van der Waals surface area contributed by atoms with Crippen molar-refractivity contribution in [1.29, 1.82) is 0 Å². The third-order valence-electron chi connectivity index (χ3n) is 3.77. The Morgan fingerprint density at radius 3 is 2.91 bits per heavy atom. The molecule has 1 aliphatic rings. The second kappa shape index (κ2) is 8.99. The van der Waals surface area contributed by atoms with Crippen molar-refractivity contribution in [3.63, 3.8) is 0 Å². The first-order valence-corrected chi connectivity index (χ1v) is 8.88. The van der Waals surface area contributed by atoms with Crippen LogP contribution in [0.15, 0.2) is 34.3 Å². The van der Waals surface area contributed by atoms with E-state index in [4.69, 9.17) is 4.74 Å². The van der Waals surface area contributed by atoms with Crippen LogP contribution in [0.5, 0.6) is 5.75 Å². The highest BCUT2D eigenvalue weighted by molar-refractivity contribution is 9.10. The summed E-state index contributed by atoms with van der Waals surface area (Å²) in [6, 6.07) is 5.48. The maximum absolute atomic E-state index is 12.2. The largest absolute Gasteiger partial charge is 0.492 e. The molecule has 0 radical (unpaired) electrons. The number of carbonyl (C=O) groups excluding carboxylic acids is 1. The summed E-state index contributed by atoms with van der Waals surface area (Å²) >= 11 is 3.46. The topological polar surface area (TPSA) is 38.3 Å². The van der Waals surface area contributed by atoms with Crippen LogP contribution >= 0.6 is 15.9 Å². The SMILES string of the molecule is CCCOc1ccc(C(=O)NCCC2=CCCCC2)cc1Br. The third kappa shape index (κ3) is 5.16. The number of carbonyl (C=O) groups is 1. The molecule has 0 spiro atoms. The molecule has 0 saturated heterocycles. The molecule has 1 aromatic carbocycles. The van der Waals surface area contributed by atoms with Gasteiger partial charge in [0.2, 0.25) is 0 Å². The summed E-state index contributed by atoms with van der Waals surface area (Å²) < 4.78 is 6.42. The van der Waals surface area contributed by atoms with E-state index >= 15 is 0 Å². The summed E-state index contributed by atoms with van der Waals surface area (Å²) in [6.45, 7) is 3.45. The number of amides is 1. The average molecular weight is 366 g/mol. The molecule has 1 aromatic rings. The highest BCUT2D eigenvalue weighted by Gasteiger charge is 2.10.